The highest BCUT2D eigenvalue weighted by atomic mass is 35.5. The quantitative estimate of drug-likeness (QED) is 0.674. The van der Waals surface area contributed by atoms with E-state index in [4.69, 9.17) is 16.3 Å². The number of halogens is 1. The number of anilines is 1. The lowest BCUT2D eigenvalue weighted by atomic mass is 10.1. The van der Waals surface area contributed by atoms with Gasteiger partial charge in [0.2, 0.25) is 10.0 Å². The summed E-state index contributed by atoms with van der Waals surface area (Å²) in [6.07, 6.45) is 4.05. The zero-order chi connectivity index (χ0) is 19.3. The Morgan fingerprint density at radius 2 is 1.81 bits per heavy atom. The molecule has 2 aromatic carbocycles. The van der Waals surface area contributed by atoms with Crippen LogP contribution in [0.2, 0.25) is 5.02 Å². The Labute approximate surface area is 166 Å². The molecule has 3 rings (SSSR count). The second kappa shape index (κ2) is 8.95. The summed E-state index contributed by atoms with van der Waals surface area (Å²) >= 11 is 5.93. The van der Waals surface area contributed by atoms with Gasteiger partial charge in [0, 0.05) is 30.3 Å². The van der Waals surface area contributed by atoms with Crippen LogP contribution in [0.15, 0.2) is 47.4 Å². The molecule has 0 radical (unpaired) electrons. The maximum Gasteiger partial charge on any atom is 0.244 e. The lowest BCUT2D eigenvalue weighted by Crippen LogP contribution is -2.25. The van der Waals surface area contributed by atoms with E-state index in [2.05, 4.69) is 33.9 Å². The van der Waals surface area contributed by atoms with Gasteiger partial charge in [-0.1, -0.05) is 23.7 Å². The van der Waals surface area contributed by atoms with Crippen LogP contribution in [-0.4, -0.2) is 35.2 Å². The fraction of sp³-hybridized carbons (Fsp3) is 0.400. The van der Waals surface area contributed by atoms with Crippen molar-refractivity contribution in [3.05, 3.63) is 53.1 Å². The molecule has 0 aliphatic carbocycles. The predicted molar refractivity (Wildman–Crippen MR) is 109 cm³/mol. The molecule has 146 valence electrons. The number of hydrogen-bond acceptors (Lipinski definition) is 4. The van der Waals surface area contributed by atoms with Gasteiger partial charge in [0.1, 0.15) is 10.6 Å². The molecule has 0 spiro atoms. The molecule has 0 bridgehead atoms. The highest BCUT2D eigenvalue weighted by Gasteiger charge is 2.19. The van der Waals surface area contributed by atoms with Crippen LogP contribution in [0.4, 0.5) is 5.69 Å². The molecule has 0 saturated carbocycles. The molecule has 1 saturated heterocycles. The summed E-state index contributed by atoms with van der Waals surface area (Å²) in [5.74, 6) is 0.282. The fourth-order valence-electron chi connectivity index (χ4n) is 3.29. The van der Waals surface area contributed by atoms with Gasteiger partial charge in [0.15, 0.2) is 0 Å². The smallest absolute Gasteiger partial charge is 0.244 e. The molecular weight excluding hydrogens is 384 g/mol. The SMILES string of the molecule is COc1ccc(Cl)cc1S(=O)(=O)NCCCc1ccc(N2CCCC2)cc1. The van der Waals surface area contributed by atoms with Gasteiger partial charge in [-0.2, -0.15) is 0 Å². The topological polar surface area (TPSA) is 58.6 Å². The molecule has 0 atom stereocenters. The van der Waals surface area contributed by atoms with Crippen molar-refractivity contribution in [2.45, 2.75) is 30.6 Å². The molecular formula is C20H25ClN2O3S. The van der Waals surface area contributed by atoms with Crippen molar-refractivity contribution >= 4 is 27.3 Å². The van der Waals surface area contributed by atoms with Crippen LogP contribution in [0.25, 0.3) is 0 Å². The summed E-state index contributed by atoms with van der Waals surface area (Å²) in [6, 6.07) is 13.1. The Morgan fingerprint density at radius 1 is 1.11 bits per heavy atom. The third kappa shape index (κ3) is 5.15. The Hall–Kier alpha value is -1.76. The maximum absolute atomic E-state index is 12.5. The first kappa shape index (κ1) is 20.0. The molecule has 7 heteroatoms. The second-order valence-electron chi connectivity index (χ2n) is 6.66. The minimum absolute atomic E-state index is 0.0625. The molecule has 0 unspecified atom stereocenters. The molecule has 1 aliphatic heterocycles. The zero-order valence-electron chi connectivity index (χ0n) is 15.4. The number of aryl methyl sites for hydroxylation is 1. The maximum atomic E-state index is 12.5. The van der Waals surface area contributed by atoms with E-state index >= 15 is 0 Å². The molecule has 1 N–H and O–H groups in total. The number of nitrogens with zero attached hydrogens (tertiary/aromatic N) is 1. The monoisotopic (exact) mass is 408 g/mol. The lowest BCUT2D eigenvalue weighted by Gasteiger charge is -2.17. The summed E-state index contributed by atoms with van der Waals surface area (Å²) in [6.45, 7) is 2.62. The Morgan fingerprint density at radius 3 is 2.48 bits per heavy atom. The van der Waals surface area contributed by atoms with Crippen molar-refractivity contribution in [1.82, 2.24) is 4.72 Å². The summed E-state index contributed by atoms with van der Waals surface area (Å²) in [5.41, 5.74) is 2.47. The molecule has 0 aromatic heterocycles. The normalized spacial score (nSPS) is 14.5. The number of sulfonamides is 1. The highest BCUT2D eigenvalue weighted by molar-refractivity contribution is 7.89. The predicted octanol–water partition coefficient (Wildman–Crippen LogP) is 3.86. The van der Waals surface area contributed by atoms with Crippen LogP contribution >= 0.6 is 11.6 Å². The average molecular weight is 409 g/mol. The van der Waals surface area contributed by atoms with Crippen LogP contribution < -0.4 is 14.4 Å². The highest BCUT2D eigenvalue weighted by Crippen LogP contribution is 2.27. The van der Waals surface area contributed by atoms with E-state index in [1.54, 1.807) is 12.1 Å². The van der Waals surface area contributed by atoms with E-state index < -0.39 is 10.0 Å². The molecule has 1 aliphatic rings. The summed E-state index contributed by atoms with van der Waals surface area (Å²) in [4.78, 5) is 2.46. The van der Waals surface area contributed by atoms with Gasteiger partial charge in [-0.3, -0.25) is 0 Å². The first-order valence-electron chi connectivity index (χ1n) is 9.17. The van der Waals surface area contributed by atoms with Gasteiger partial charge < -0.3 is 9.64 Å². The first-order valence-corrected chi connectivity index (χ1v) is 11.0. The molecule has 27 heavy (non-hydrogen) atoms. The third-order valence-corrected chi connectivity index (χ3v) is 6.47. The number of methoxy groups -OCH3 is 1. The second-order valence-corrected chi connectivity index (χ2v) is 8.83. The standard InChI is InChI=1S/C20H25ClN2O3S/c1-26-19-11-8-17(21)15-20(19)27(24,25)22-12-4-5-16-6-9-18(10-7-16)23-13-2-3-14-23/h6-11,15,22H,2-5,12-14H2,1H3. The van der Waals surface area contributed by atoms with Crippen molar-refractivity contribution in [2.75, 3.05) is 31.6 Å². The van der Waals surface area contributed by atoms with Crippen molar-refractivity contribution in [3.63, 3.8) is 0 Å². The van der Waals surface area contributed by atoms with Crippen LogP contribution in [0.5, 0.6) is 5.75 Å². The number of hydrogen-bond donors (Lipinski definition) is 1. The molecule has 1 heterocycles. The van der Waals surface area contributed by atoms with Gasteiger partial charge in [0.25, 0.3) is 0 Å². The van der Waals surface area contributed by atoms with Crippen LogP contribution in [-0.2, 0) is 16.4 Å². The minimum Gasteiger partial charge on any atom is -0.495 e. The van der Waals surface area contributed by atoms with E-state index in [0.717, 1.165) is 19.5 Å². The molecule has 1 fully saturated rings. The number of rotatable bonds is 8. The van der Waals surface area contributed by atoms with Gasteiger partial charge in [-0.05, 0) is 61.6 Å². The van der Waals surface area contributed by atoms with Crippen LogP contribution in [0.1, 0.15) is 24.8 Å². The molecule has 2 aromatic rings. The number of benzene rings is 2. The number of ether oxygens (including phenoxy) is 1. The van der Waals surface area contributed by atoms with Gasteiger partial charge >= 0.3 is 0 Å². The van der Waals surface area contributed by atoms with E-state index in [9.17, 15) is 8.42 Å². The largest absolute Gasteiger partial charge is 0.495 e. The fourth-order valence-corrected chi connectivity index (χ4v) is 4.79. The zero-order valence-corrected chi connectivity index (χ0v) is 17.0. The van der Waals surface area contributed by atoms with Crippen molar-refractivity contribution < 1.29 is 13.2 Å². The Balaban J connectivity index is 1.53. The summed E-state index contributed by atoms with van der Waals surface area (Å²) < 4.78 is 32.8. The Kier molecular flexibility index (Phi) is 6.63. The Bertz CT molecular complexity index is 863. The van der Waals surface area contributed by atoms with Gasteiger partial charge in [0.05, 0.1) is 7.11 Å². The van der Waals surface area contributed by atoms with Crippen LogP contribution in [0, 0.1) is 0 Å². The van der Waals surface area contributed by atoms with Crippen molar-refractivity contribution in [3.8, 4) is 5.75 Å². The third-order valence-electron chi connectivity index (χ3n) is 4.76. The van der Waals surface area contributed by atoms with Gasteiger partial charge in [-0.15, -0.1) is 0 Å². The minimum atomic E-state index is -3.66. The van der Waals surface area contributed by atoms with E-state index in [1.807, 2.05) is 0 Å². The average Bonchev–Trinajstić information content (AvgIpc) is 3.20. The lowest BCUT2D eigenvalue weighted by molar-refractivity contribution is 0.402. The summed E-state index contributed by atoms with van der Waals surface area (Å²) in [5, 5.41) is 0.356. The van der Waals surface area contributed by atoms with Crippen molar-refractivity contribution in [1.29, 1.82) is 0 Å². The summed E-state index contributed by atoms with van der Waals surface area (Å²) in [7, 11) is -2.23. The number of nitrogens with one attached hydrogen (secondary N) is 1. The van der Waals surface area contributed by atoms with Crippen molar-refractivity contribution in [2.24, 2.45) is 0 Å². The molecule has 5 nitrogen and oxygen atoms in total. The van der Waals surface area contributed by atoms with E-state index in [-0.39, 0.29) is 10.6 Å². The van der Waals surface area contributed by atoms with Crippen LogP contribution in [0.3, 0.4) is 0 Å². The van der Waals surface area contributed by atoms with E-state index in [0.29, 0.717) is 18.0 Å². The van der Waals surface area contributed by atoms with E-state index in [1.165, 1.54) is 37.3 Å². The molecule has 0 amide bonds. The first-order chi connectivity index (χ1) is 13.0. The van der Waals surface area contributed by atoms with Gasteiger partial charge in [-0.25, -0.2) is 13.1 Å².